The zero-order valence-corrected chi connectivity index (χ0v) is 13.7. The molecule has 0 bridgehead atoms. The average Bonchev–Trinajstić information content (AvgIpc) is 3.24. The molecule has 4 nitrogen and oxygen atoms in total. The van der Waals surface area contributed by atoms with E-state index in [1.54, 1.807) is 6.26 Å². The van der Waals surface area contributed by atoms with Gasteiger partial charge in [0.05, 0.1) is 12.8 Å². The number of allylic oxidation sites excluding steroid dienone is 2. The minimum atomic E-state index is 0.232. The van der Waals surface area contributed by atoms with Gasteiger partial charge in [0.1, 0.15) is 5.76 Å². The monoisotopic (exact) mass is 314 g/mol. The van der Waals surface area contributed by atoms with Crippen molar-refractivity contribution < 1.29 is 9.21 Å². The van der Waals surface area contributed by atoms with Crippen LogP contribution in [-0.4, -0.2) is 41.9 Å². The molecule has 2 fully saturated rings. The molecule has 0 spiro atoms. The molecule has 0 aromatic carbocycles. The van der Waals surface area contributed by atoms with Crippen LogP contribution in [0.1, 0.15) is 31.4 Å². The van der Waals surface area contributed by atoms with Crippen LogP contribution < -0.4 is 0 Å². The smallest absolute Gasteiger partial charge is 0.225 e. The maximum absolute atomic E-state index is 12.8. The van der Waals surface area contributed by atoms with Gasteiger partial charge in [-0.25, -0.2) is 0 Å². The summed E-state index contributed by atoms with van der Waals surface area (Å²) >= 11 is 0. The quantitative estimate of drug-likeness (QED) is 0.805. The van der Waals surface area contributed by atoms with Gasteiger partial charge in [-0.05, 0) is 62.7 Å². The molecule has 3 heterocycles. The summed E-state index contributed by atoms with van der Waals surface area (Å²) in [4.78, 5) is 17.4. The lowest BCUT2D eigenvalue weighted by molar-refractivity contribution is -0.136. The first kappa shape index (κ1) is 15.0. The second-order valence-electron chi connectivity index (χ2n) is 7.34. The molecule has 2 atom stereocenters. The first-order chi connectivity index (χ1) is 11.3. The van der Waals surface area contributed by atoms with Gasteiger partial charge in [0, 0.05) is 19.0 Å². The Bertz CT molecular complexity index is 542. The van der Waals surface area contributed by atoms with Crippen molar-refractivity contribution in [1.82, 2.24) is 9.80 Å². The van der Waals surface area contributed by atoms with E-state index in [9.17, 15) is 4.79 Å². The number of carbonyl (C=O) groups is 1. The van der Waals surface area contributed by atoms with Crippen LogP contribution in [0.2, 0.25) is 0 Å². The van der Waals surface area contributed by atoms with Crippen molar-refractivity contribution in [3.63, 3.8) is 0 Å². The molecule has 1 aliphatic carbocycles. The van der Waals surface area contributed by atoms with Crippen molar-refractivity contribution in [2.75, 3.05) is 26.2 Å². The van der Waals surface area contributed by atoms with Gasteiger partial charge < -0.3 is 9.32 Å². The van der Waals surface area contributed by atoms with Crippen LogP contribution in [-0.2, 0) is 11.3 Å². The lowest BCUT2D eigenvalue weighted by Crippen LogP contribution is -2.41. The highest BCUT2D eigenvalue weighted by molar-refractivity contribution is 5.79. The normalized spacial score (nSPS) is 29.0. The second-order valence-corrected chi connectivity index (χ2v) is 7.34. The van der Waals surface area contributed by atoms with E-state index >= 15 is 0 Å². The first-order valence-corrected chi connectivity index (χ1v) is 8.98. The van der Waals surface area contributed by atoms with Crippen LogP contribution in [0, 0.1) is 17.8 Å². The van der Waals surface area contributed by atoms with Crippen LogP contribution in [0.25, 0.3) is 0 Å². The number of hydrogen-bond acceptors (Lipinski definition) is 3. The van der Waals surface area contributed by atoms with Gasteiger partial charge in [-0.3, -0.25) is 9.69 Å². The molecule has 4 rings (SSSR count). The zero-order valence-electron chi connectivity index (χ0n) is 13.7. The fraction of sp³-hybridized carbons (Fsp3) is 0.632. The molecule has 2 unspecified atom stereocenters. The number of furan rings is 1. The lowest BCUT2D eigenvalue weighted by Gasteiger charge is -2.32. The molecule has 1 amide bonds. The van der Waals surface area contributed by atoms with E-state index in [2.05, 4.69) is 22.0 Å². The van der Waals surface area contributed by atoms with Gasteiger partial charge in [-0.15, -0.1) is 0 Å². The molecule has 4 heteroatoms. The third kappa shape index (κ3) is 3.23. The van der Waals surface area contributed by atoms with Gasteiger partial charge in [0.25, 0.3) is 0 Å². The van der Waals surface area contributed by atoms with Crippen molar-refractivity contribution in [3.05, 3.63) is 36.3 Å². The third-order valence-electron chi connectivity index (χ3n) is 5.83. The Morgan fingerprint density at radius 1 is 1.13 bits per heavy atom. The molecule has 2 saturated heterocycles. The summed E-state index contributed by atoms with van der Waals surface area (Å²) in [6.07, 6.45) is 10.6. The fourth-order valence-corrected chi connectivity index (χ4v) is 4.41. The Labute approximate surface area is 138 Å². The van der Waals surface area contributed by atoms with Crippen LogP contribution >= 0.6 is 0 Å². The second kappa shape index (κ2) is 6.52. The predicted molar refractivity (Wildman–Crippen MR) is 88.6 cm³/mol. The summed E-state index contributed by atoms with van der Waals surface area (Å²) < 4.78 is 5.42. The Kier molecular flexibility index (Phi) is 4.25. The molecular weight excluding hydrogens is 288 g/mol. The molecule has 1 aromatic heterocycles. The van der Waals surface area contributed by atoms with Gasteiger partial charge in [-0.1, -0.05) is 12.2 Å². The number of piperidine rings is 1. The van der Waals surface area contributed by atoms with E-state index in [0.29, 0.717) is 17.7 Å². The van der Waals surface area contributed by atoms with E-state index in [4.69, 9.17) is 4.42 Å². The summed E-state index contributed by atoms with van der Waals surface area (Å²) in [6, 6.07) is 3.96. The summed E-state index contributed by atoms with van der Waals surface area (Å²) in [5, 5.41) is 0. The minimum absolute atomic E-state index is 0.232. The van der Waals surface area contributed by atoms with Crippen LogP contribution in [0.5, 0.6) is 0 Å². The number of likely N-dealkylation sites (tertiary alicyclic amines) is 2. The highest BCUT2D eigenvalue weighted by atomic mass is 16.3. The minimum Gasteiger partial charge on any atom is -0.468 e. The standard InChI is InChI=1S/C19H26N2O2/c22-19(21-12-16-4-1-2-5-17(16)13-21)15-7-9-20(10-8-15)14-18-6-3-11-23-18/h1-3,6,11,15-17H,4-5,7-10,12-14H2. The number of amides is 1. The van der Waals surface area contributed by atoms with Gasteiger partial charge >= 0.3 is 0 Å². The number of fused-ring (bicyclic) bond motifs is 1. The summed E-state index contributed by atoms with van der Waals surface area (Å²) in [5.41, 5.74) is 0. The summed E-state index contributed by atoms with van der Waals surface area (Å²) in [5.74, 6) is 3.09. The van der Waals surface area contributed by atoms with Crippen molar-refractivity contribution in [2.24, 2.45) is 17.8 Å². The highest BCUT2D eigenvalue weighted by Crippen LogP contribution is 2.34. The van der Waals surface area contributed by atoms with Crippen LogP contribution in [0.3, 0.4) is 0 Å². The molecule has 2 aliphatic heterocycles. The summed E-state index contributed by atoms with van der Waals surface area (Å²) in [6.45, 7) is 4.84. The van der Waals surface area contributed by atoms with Crippen LogP contribution in [0.4, 0.5) is 0 Å². The first-order valence-electron chi connectivity index (χ1n) is 8.98. The Balaban J connectivity index is 1.28. The molecule has 23 heavy (non-hydrogen) atoms. The average molecular weight is 314 g/mol. The maximum Gasteiger partial charge on any atom is 0.225 e. The Hall–Kier alpha value is -1.55. The van der Waals surface area contributed by atoms with Crippen molar-refractivity contribution in [1.29, 1.82) is 0 Å². The van der Waals surface area contributed by atoms with Gasteiger partial charge in [0.15, 0.2) is 0 Å². The number of hydrogen-bond donors (Lipinski definition) is 0. The molecule has 0 saturated carbocycles. The molecule has 1 aromatic rings. The molecule has 0 radical (unpaired) electrons. The van der Waals surface area contributed by atoms with Gasteiger partial charge in [-0.2, -0.15) is 0 Å². The van der Waals surface area contributed by atoms with Crippen molar-refractivity contribution >= 4 is 5.91 Å². The number of carbonyl (C=O) groups excluding carboxylic acids is 1. The molecular formula is C19H26N2O2. The topological polar surface area (TPSA) is 36.7 Å². The zero-order chi connectivity index (χ0) is 15.6. The van der Waals surface area contributed by atoms with E-state index in [-0.39, 0.29) is 5.92 Å². The largest absolute Gasteiger partial charge is 0.468 e. The van der Waals surface area contributed by atoms with E-state index in [0.717, 1.165) is 64.2 Å². The van der Waals surface area contributed by atoms with E-state index < -0.39 is 0 Å². The highest BCUT2D eigenvalue weighted by Gasteiger charge is 2.38. The van der Waals surface area contributed by atoms with E-state index in [1.165, 1.54) is 0 Å². The van der Waals surface area contributed by atoms with Crippen molar-refractivity contribution in [2.45, 2.75) is 32.2 Å². The summed E-state index contributed by atoms with van der Waals surface area (Å²) in [7, 11) is 0. The molecule has 3 aliphatic rings. The lowest BCUT2D eigenvalue weighted by atomic mass is 9.86. The predicted octanol–water partition coefficient (Wildman–Crippen LogP) is 2.92. The Morgan fingerprint density at radius 2 is 1.83 bits per heavy atom. The Morgan fingerprint density at radius 3 is 2.43 bits per heavy atom. The maximum atomic E-state index is 12.8. The van der Waals surface area contributed by atoms with E-state index in [1.807, 2.05) is 12.1 Å². The van der Waals surface area contributed by atoms with Gasteiger partial charge in [0.2, 0.25) is 5.91 Å². The SMILES string of the molecule is O=C(C1CCN(Cc2ccco2)CC1)N1CC2CC=CCC2C1. The molecule has 124 valence electrons. The number of nitrogens with zero attached hydrogens (tertiary/aromatic N) is 2. The number of rotatable bonds is 3. The van der Waals surface area contributed by atoms with Crippen LogP contribution in [0.15, 0.2) is 35.0 Å². The fourth-order valence-electron chi connectivity index (χ4n) is 4.41. The third-order valence-corrected chi connectivity index (χ3v) is 5.83. The molecule has 0 N–H and O–H groups in total. The van der Waals surface area contributed by atoms with Crippen molar-refractivity contribution in [3.8, 4) is 0 Å².